The second-order valence-corrected chi connectivity index (χ2v) is 8.51. The molecule has 0 spiro atoms. The van der Waals surface area contributed by atoms with Gasteiger partial charge in [-0.3, -0.25) is 19.2 Å². The number of aromatic nitrogens is 3. The Kier molecular flexibility index (Phi) is 6.50. The largest absolute Gasteiger partial charge is 0.339 e. The second kappa shape index (κ2) is 9.45. The number of benzene rings is 1. The van der Waals surface area contributed by atoms with E-state index in [4.69, 9.17) is 0 Å². The van der Waals surface area contributed by atoms with Gasteiger partial charge >= 0.3 is 0 Å². The molecule has 6 nitrogen and oxygen atoms in total. The highest BCUT2D eigenvalue weighted by atomic mass is 32.2. The Labute approximate surface area is 181 Å². The number of piperazine rings is 1. The van der Waals surface area contributed by atoms with Crippen LogP contribution in [0, 0.1) is 13.8 Å². The van der Waals surface area contributed by atoms with Crippen molar-refractivity contribution in [2.75, 3.05) is 31.9 Å². The number of aryl methyl sites for hydroxylation is 1. The Morgan fingerprint density at radius 3 is 2.60 bits per heavy atom. The Morgan fingerprint density at radius 1 is 1.00 bits per heavy atom. The molecule has 1 fully saturated rings. The van der Waals surface area contributed by atoms with Gasteiger partial charge in [0.1, 0.15) is 0 Å². The molecule has 3 aromatic rings. The predicted molar refractivity (Wildman–Crippen MR) is 120 cm³/mol. The first-order chi connectivity index (χ1) is 14.6. The summed E-state index contributed by atoms with van der Waals surface area (Å²) in [6.45, 7) is 8.35. The van der Waals surface area contributed by atoms with Crippen molar-refractivity contribution in [1.82, 2.24) is 24.3 Å². The summed E-state index contributed by atoms with van der Waals surface area (Å²) in [4.78, 5) is 26.0. The average Bonchev–Trinajstić information content (AvgIpc) is 3.23. The number of nitrogens with zero attached hydrogens (tertiary/aromatic N) is 5. The maximum Gasteiger partial charge on any atom is 0.233 e. The zero-order valence-electron chi connectivity index (χ0n) is 17.5. The standard InChI is InChI=1S/C23H27N5OS/c1-18-6-5-8-21(19(18)2)28-11-10-25-23(28)30-17-22(29)27-14-12-26(13-15-27)16-20-7-3-4-9-24-20/h3-11H,12-17H2,1-2H3. The van der Waals surface area contributed by atoms with Gasteiger partial charge in [-0.25, -0.2) is 4.98 Å². The van der Waals surface area contributed by atoms with Crippen molar-refractivity contribution in [2.24, 2.45) is 0 Å². The molecule has 0 N–H and O–H groups in total. The summed E-state index contributed by atoms with van der Waals surface area (Å²) in [6, 6.07) is 12.3. The highest BCUT2D eigenvalue weighted by Gasteiger charge is 2.22. The van der Waals surface area contributed by atoms with Crippen molar-refractivity contribution < 1.29 is 4.79 Å². The fourth-order valence-electron chi connectivity index (χ4n) is 3.67. The van der Waals surface area contributed by atoms with Gasteiger partial charge in [-0.05, 0) is 43.2 Å². The van der Waals surface area contributed by atoms with Crippen molar-refractivity contribution in [1.29, 1.82) is 0 Å². The molecule has 4 rings (SSSR count). The van der Waals surface area contributed by atoms with Crippen LogP contribution in [0.2, 0.25) is 0 Å². The number of amides is 1. The number of thioether (sulfide) groups is 1. The molecule has 1 amide bonds. The molecular weight excluding hydrogens is 394 g/mol. The van der Waals surface area contributed by atoms with Crippen LogP contribution in [-0.4, -0.2) is 62.2 Å². The van der Waals surface area contributed by atoms with E-state index in [1.807, 2.05) is 35.5 Å². The Morgan fingerprint density at radius 2 is 1.83 bits per heavy atom. The van der Waals surface area contributed by atoms with Gasteiger partial charge in [-0.2, -0.15) is 0 Å². The quantitative estimate of drug-likeness (QED) is 0.572. The summed E-state index contributed by atoms with van der Waals surface area (Å²) in [5.41, 5.74) is 4.67. The monoisotopic (exact) mass is 421 g/mol. The number of rotatable bonds is 6. The van der Waals surface area contributed by atoms with Gasteiger partial charge in [-0.1, -0.05) is 30.0 Å². The first kappa shape index (κ1) is 20.6. The number of hydrogen-bond donors (Lipinski definition) is 0. The van der Waals surface area contributed by atoms with Crippen LogP contribution < -0.4 is 0 Å². The summed E-state index contributed by atoms with van der Waals surface area (Å²) in [7, 11) is 0. The smallest absolute Gasteiger partial charge is 0.233 e. The van der Waals surface area contributed by atoms with Crippen LogP contribution >= 0.6 is 11.8 Å². The van der Waals surface area contributed by atoms with Crippen molar-refractivity contribution in [3.8, 4) is 5.69 Å². The van der Waals surface area contributed by atoms with E-state index in [2.05, 4.69) is 51.5 Å². The number of imidazole rings is 1. The van der Waals surface area contributed by atoms with Crippen molar-refractivity contribution in [3.05, 3.63) is 71.8 Å². The second-order valence-electron chi connectivity index (χ2n) is 7.57. The first-order valence-corrected chi connectivity index (χ1v) is 11.2. The number of pyridine rings is 1. The summed E-state index contributed by atoms with van der Waals surface area (Å²) in [5.74, 6) is 0.579. The molecule has 1 aliphatic rings. The lowest BCUT2D eigenvalue weighted by molar-refractivity contribution is -0.130. The van der Waals surface area contributed by atoms with Crippen molar-refractivity contribution in [2.45, 2.75) is 25.5 Å². The van der Waals surface area contributed by atoms with E-state index in [9.17, 15) is 4.79 Å². The molecule has 1 aromatic carbocycles. The summed E-state index contributed by atoms with van der Waals surface area (Å²) < 4.78 is 2.07. The van der Waals surface area contributed by atoms with E-state index >= 15 is 0 Å². The van der Waals surface area contributed by atoms with Crippen LogP contribution in [0.15, 0.2) is 60.1 Å². The summed E-state index contributed by atoms with van der Waals surface area (Å²) in [6.07, 6.45) is 5.59. The lowest BCUT2D eigenvalue weighted by Gasteiger charge is -2.34. The fraction of sp³-hybridized carbons (Fsp3) is 0.348. The molecule has 1 saturated heterocycles. The molecule has 1 aliphatic heterocycles. The SMILES string of the molecule is Cc1cccc(-n2ccnc2SCC(=O)N2CCN(Cc3ccccn3)CC2)c1C. The molecule has 0 radical (unpaired) electrons. The molecule has 7 heteroatoms. The zero-order chi connectivity index (χ0) is 20.9. The van der Waals surface area contributed by atoms with Crippen molar-refractivity contribution in [3.63, 3.8) is 0 Å². The van der Waals surface area contributed by atoms with E-state index in [0.717, 1.165) is 49.3 Å². The molecule has 0 atom stereocenters. The molecule has 0 saturated carbocycles. The molecule has 0 bridgehead atoms. The number of hydrogen-bond acceptors (Lipinski definition) is 5. The Hall–Kier alpha value is -2.64. The average molecular weight is 422 g/mol. The molecule has 30 heavy (non-hydrogen) atoms. The lowest BCUT2D eigenvalue weighted by Crippen LogP contribution is -2.48. The third-order valence-corrected chi connectivity index (χ3v) is 6.56. The third kappa shape index (κ3) is 4.74. The molecule has 3 heterocycles. The van der Waals surface area contributed by atoms with Gasteiger partial charge in [0, 0.05) is 51.3 Å². The van der Waals surface area contributed by atoms with Crippen LogP contribution in [0.1, 0.15) is 16.8 Å². The topological polar surface area (TPSA) is 54.3 Å². The van der Waals surface area contributed by atoms with E-state index in [1.54, 1.807) is 6.20 Å². The lowest BCUT2D eigenvalue weighted by atomic mass is 10.1. The van der Waals surface area contributed by atoms with Crippen molar-refractivity contribution >= 4 is 17.7 Å². The van der Waals surface area contributed by atoms with Gasteiger partial charge < -0.3 is 4.90 Å². The van der Waals surface area contributed by atoms with Gasteiger partial charge in [0.15, 0.2) is 5.16 Å². The minimum absolute atomic E-state index is 0.174. The molecule has 0 aliphatic carbocycles. The normalized spacial score (nSPS) is 14.8. The highest BCUT2D eigenvalue weighted by molar-refractivity contribution is 7.99. The zero-order valence-corrected chi connectivity index (χ0v) is 18.3. The third-order valence-electron chi connectivity index (χ3n) is 5.60. The Balaban J connectivity index is 1.31. The first-order valence-electron chi connectivity index (χ1n) is 10.2. The van der Waals surface area contributed by atoms with Gasteiger partial charge in [-0.15, -0.1) is 0 Å². The van der Waals surface area contributed by atoms with Crippen LogP contribution in [0.25, 0.3) is 5.69 Å². The van der Waals surface area contributed by atoms with E-state index in [-0.39, 0.29) is 5.91 Å². The minimum atomic E-state index is 0.174. The van der Waals surface area contributed by atoms with Gasteiger partial charge in [0.25, 0.3) is 0 Å². The number of carbonyl (C=O) groups excluding carboxylic acids is 1. The number of carbonyl (C=O) groups is 1. The highest BCUT2D eigenvalue weighted by Crippen LogP contribution is 2.24. The molecule has 0 unspecified atom stereocenters. The summed E-state index contributed by atoms with van der Waals surface area (Å²) in [5, 5.41) is 0.853. The summed E-state index contributed by atoms with van der Waals surface area (Å²) >= 11 is 1.51. The van der Waals surface area contributed by atoms with Gasteiger partial charge in [0.2, 0.25) is 5.91 Å². The maximum absolute atomic E-state index is 12.8. The predicted octanol–water partition coefficient (Wildman–Crippen LogP) is 3.32. The van der Waals surface area contributed by atoms with E-state index in [1.165, 1.54) is 22.9 Å². The fourth-order valence-corrected chi connectivity index (χ4v) is 4.54. The van der Waals surface area contributed by atoms with Crippen LogP contribution in [0.3, 0.4) is 0 Å². The minimum Gasteiger partial charge on any atom is -0.339 e. The van der Waals surface area contributed by atoms with E-state index < -0.39 is 0 Å². The Bertz CT molecular complexity index is 996. The van der Waals surface area contributed by atoms with Gasteiger partial charge in [0.05, 0.1) is 17.1 Å². The van der Waals surface area contributed by atoms with E-state index in [0.29, 0.717) is 5.75 Å². The van der Waals surface area contributed by atoms with Crippen LogP contribution in [0.4, 0.5) is 0 Å². The van der Waals surface area contributed by atoms with Crippen LogP contribution in [0.5, 0.6) is 0 Å². The molecular formula is C23H27N5OS. The maximum atomic E-state index is 12.8. The molecule has 156 valence electrons. The van der Waals surface area contributed by atoms with Crippen LogP contribution in [-0.2, 0) is 11.3 Å². The molecule has 2 aromatic heterocycles.